The molecule has 0 aliphatic carbocycles. The van der Waals surface area contributed by atoms with Crippen molar-refractivity contribution >= 4 is 16.9 Å². The summed E-state index contributed by atoms with van der Waals surface area (Å²) >= 11 is 0. The highest BCUT2D eigenvalue weighted by atomic mass is 16.5. The molecule has 1 aliphatic rings. The van der Waals surface area contributed by atoms with Gasteiger partial charge in [-0.05, 0) is 37.3 Å². The molecule has 0 fully saturated rings. The summed E-state index contributed by atoms with van der Waals surface area (Å²) < 4.78 is 16.9. The summed E-state index contributed by atoms with van der Waals surface area (Å²) in [6, 6.07) is 8.16. The molecule has 1 atom stereocenters. The van der Waals surface area contributed by atoms with Crippen LogP contribution < -0.4 is 10.2 Å². The highest BCUT2D eigenvalue weighted by molar-refractivity contribution is 5.94. The van der Waals surface area contributed by atoms with E-state index in [1.54, 1.807) is 19.1 Å². The van der Waals surface area contributed by atoms with Crippen molar-refractivity contribution in [1.82, 2.24) is 0 Å². The Balaban J connectivity index is 1.86. The highest BCUT2D eigenvalue weighted by Gasteiger charge is 2.36. The summed E-state index contributed by atoms with van der Waals surface area (Å²) in [4.78, 5) is 25.2. The number of carbonyl (C=O) groups excluding carboxylic acids is 1. The van der Waals surface area contributed by atoms with Gasteiger partial charge in [-0.1, -0.05) is 0 Å². The van der Waals surface area contributed by atoms with Crippen molar-refractivity contribution in [3.63, 3.8) is 0 Å². The first-order chi connectivity index (χ1) is 15.2. The monoisotopic (exact) mass is 436 g/mol. The molecule has 0 saturated carbocycles. The average Bonchev–Trinajstić information content (AvgIpc) is 3.17. The molecule has 9 nitrogen and oxygen atoms in total. The third-order valence-electron chi connectivity index (χ3n) is 5.41. The number of furan rings is 1. The number of hydrogen-bond donors (Lipinski definition) is 4. The van der Waals surface area contributed by atoms with Crippen LogP contribution in [-0.4, -0.2) is 26.4 Å². The smallest absolute Gasteiger partial charge is 0.312 e. The number of carbonyl (C=O) groups is 1. The van der Waals surface area contributed by atoms with Crippen LogP contribution in [0.2, 0.25) is 0 Å². The Kier molecular flexibility index (Phi) is 4.16. The van der Waals surface area contributed by atoms with Gasteiger partial charge in [0.1, 0.15) is 34.0 Å². The Hall–Kier alpha value is -4.40. The van der Waals surface area contributed by atoms with Gasteiger partial charge in [0.05, 0.1) is 12.3 Å². The summed E-state index contributed by atoms with van der Waals surface area (Å²) in [6.45, 7) is 1.74. The van der Waals surface area contributed by atoms with Crippen molar-refractivity contribution in [2.24, 2.45) is 0 Å². The van der Waals surface area contributed by atoms with E-state index in [9.17, 15) is 30.0 Å². The molecule has 4 aromatic rings. The average molecular weight is 436 g/mol. The quantitative estimate of drug-likeness (QED) is 0.210. The fraction of sp³-hybridized carbons (Fsp3) is 0.130. The van der Waals surface area contributed by atoms with E-state index in [2.05, 4.69) is 0 Å². The Labute approximate surface area is 179 Å². The minimum atomic E-state index is -0.916. The molecule has 0 amide bonds. The molecule has 0 saturated heterocycles. The molecule has 0 radical (unpaired) electrons. The van der Waals surface area contributed by atoms with Gasteiger partial charge < -0.3 is 34.0 Å². The predicted octanol–water partition coefficient (Wildman–Crippen LogP) is 3.62. The van der Waals surface area contributed by atoms with Crippen LogP contribution in [0, 0.1) is 6.92 Å². The van der Waals surface area contributed by atoms with Gasteiger partial charge in [-0.15, -0.1) is 0 Å². The second-order valence-corrected chi connectivity index (χ2v) is 7.50. The molecular formula is C23H16O9. The number of benzene rings is 2. The number of aromatic hydroxyl groups is 4. The van der Waals surface area contributed by atoms with Crippen molar-refractivity contribution < 1.29 is 38.8 Å². The van der Waals surface area contributed by atoms with Gasteiger partial charge in [-0.3, -0.25) is 9.59 Å². The maximum Gasteiger partial charge on any atom is 0.312 e. The zero-order valence-electron chi connectivity index (χ0n) is 16.6. The topological polar surface area (TPSA) is 151 Å². The maximum absolute atomic E-state index is 13.0. The van der Waals surface area contributed by atoms with Crippen molar-refractivity contribution in [3.05, 3.63) is 63.7 Å². The van der Waals surface area contributed by atoms with Gasteiger partial charge in [0.2, 0.25) is 11.2 Å². The van der Waals surface area contributed by atoms with Crippen LogP contribution in [0.1, 0.15) is 29.4 Å². The summed E-state index contributed by atoms with van der Waals surface area (Å²) in [5.41, 5.74) is -0.613. The molecule has 32 heavy (non-hydrogen) atoms. The number of rotatable bonds is 2. The molecule has 1 aliphatic heterocycles. The Morgan fingerprint density at radius 2 is 1.69 bits per heavy atom. The Morgan fingerprint density at radius 3 is 2.38 bits per heavy atom. The molecule has 0 bridgehead atoms. The minimum Gasteiger partial charge on any atom is -0.507 e. The summed E-state index contributed by atoms with van der Waals surface area (Å²) in [5.74, 6) is -2.68. The second kappa shape index (κ2) is 6.81. The molecule has 0 spiro atoms. The first-order valence-electron chi connectivity index (χ1n) is 9.59. The van der Waals surface area contributed by atoms with E-state index in [0.717, 1.165) is 12.1 Å². The number of phenolic OH excluding ortho intramolecular Hbond substituents is 3. The molecule has 2 aromatic carbocycles. The molecule has 4 N–H and O–H groups in total. The first-order valence-corrected chi connectivity index (χ1v) is 9.59. The lowest BCUT2D eigenvalue weighted by Gasteiger charge is -2.24. The van der Waals surface area contributed by atoms with Gasteiger partial charge in [0, 0.05) is 17.2 Å². The fourth-order valence-electron chi connectivity index (χ4n) is 3.93. The van der Waals surface area contributed by atoms with Crippen molar-refractivity contribution in [1.29, 1.82) is 0 Å². The van der Waals surface area contributed by atoms with Crippen LogP contribution in [0.15, 0.2) is 50.0 Å². The van der Waals surface area contributed by atoms with Crippen LogP contribution in [0.4, 0.5) is 0 Å². The minimum absolute atomic E-state index is 0.00125. The van der Waals surface area contributed by atoms with E-state index in [1.165, 1.54) is 12.1 Å². The van der Waals surface area contributed by atoms with E-state index in [4.69, 9.17) is 13.6 Å². The van der Waals surface area contributed by atoms with E-state index >= 15 is 0 Å². The molecular weight excluding hydrogens is 420 g/mol. The van der Waals surface area contributed by atoms with E-state index in [1.807, 2.05) is 0 Å². The lowest BCUT2D eigenvalue weighted by Crippen LogP contribution is -2.21. The van der Waals surface area contributed by atoms with Crippen LogP contribution in [0.25, 0.3) is 22.3 Å². The maximum atomic E-state index is 13.0. The Bertz CT molecular complexity index is 1480. The van der Waals surface area contributed by atoms with Crippen LogP contribution >= 0.6 is 0 Å². The standard InChI is InChI=1S/C23H16O9/c1-9-2-5-15(30-9)11-7-17(27)31-16-8-14(26)19-20(28)21(29)22(32-23(19)18(11)16)10-3-4-12(24)13(25)6-10/h2-6,8,11,24-26,29H,7H2,1H3/t11-/m1/s1. The highest BCUT2D eigenvalue weighted by Crippen LogP contribution is 2.47. The molecule has 9 heteroatoms. The SMILES string of the molecule is Cc1ccc([C@H]2CC(=O)Oc3cc(O)c4c(=O)c(O)c(-c5ccc(O)c(O)c5)oc4c32)o1. The molecule has 162 valence electrons. The van der Waals surface area contributed by atoms with E-state index < -0.39 is 40.3 Å². The molecule has 5 rings (SSSR count). The van der Waals surface area contributed by atoms with Gasteiger partial charge in [-0.2, -0.15) is 0 Å². The van der Waals surface area contributed by atoms with Crippen molar-refractivity contribution in [2.45, 2.75) is 19.3 Å². The number of aryl methyl sites for hydroxylation is 1. The van der Waals surface area contributed by atoms with Crippen LogP contribution in [-0.2, 0) is 4.79 Å². The van der Waals surface area contributed by atoms with Crippen LogP contribution in [0.5, 0.6) is 28.7 Å². The first kappa shape index (κ1) is 19.6. The third-order valence-corrected chi connectivity index (χ3v) is 5.41. The van der Waals surface area contributed by atoms with Gasteiger partial charge >= 0.3 is 5.97 Å². The normalized spacial score (nSPS) is 15.5. The lowest BCUT2D eigenvalue weighted by atomic mass is 9.88. The largest absolute Gasteiger partial charge is 0.507 e. The third kappa shape index (κ3) is 2.86. The number of hydrogen-bond acceptors (Lipinski definition) is 9. The Morgan fingerprint density at radius 1 is 0.906 bits per heavy atom. The van der Waals surface area contributed by atoms with Gasteiger partial charge in [0.25, 0.3) is 0 Å². The molecule has 0 unspecified atom stereocenters. The fourth-order valence-corrected chi connectivity index (χ4v) is 3.93. The predicted molar refractivity (Wildman–Crippen MR) is 110 cm³/mol. The summed E-state index contributed by atoms with van der Waals surface area (Å²) in [7, 11) is 0. The number of phenols is 3. The number of fused-ring (bicyclic) bond motifs is 3. The van der Waals surface area contributed by atoms with Crippen molar-refractivity contribution in [2.75, 3.05) is 0 Å². The van der Waals surface area contributed by atoms with Crippen LogP contribution in [0.3, 0.4) is 0 Å². The molecule has 2 aromatic heterocycles. The van der Waals surface area contributed by atoms with Gasteiger partial charge in [0.15, 0.2) is 17.3 Å². The summed E-state index contributed by atoms with van der Waals surface area (Å²) in [5, 5.41) is 40.1. The lowest BCUT2D eigenvalue weighted by molar-refractivity contribution is -0.135. The van der Waals surface area contributed by atoms with Crippen molar-refractivity contribution in [3.8, 4) is 40.1 Å². The number of esters is 1. The second-order valence-electron chi connectivity index (χ2n) is 7.50. The zero-order chi connectivity index (χ0) is 22.7. The van der Waals surface area contributed by atoms with Gasteiger partial charge in [-0.25, -0.2) is 0 Å². The van der Waals surface area contributed by atoms with E-state index in [0.29, 0.717) is 17.1 Å². The van der Waals surface area contributed by atoms with E-state index in [-0.39, 0.29) is 34.5 Å². The number of ether oxygens (including phenoxy) is 1. The summed E-state index contributed by atoms with van der Waals surface area (Å²) in [6.07, 6.45) is -0.0975. The molecule has 3 heterocycles. The zero-order valence-corrected chi connectivity index (χ0v) is 16.6.